The smallest absolute Gasteiger partial charge is 0.310 e. The molecule has 0 bridgehead atoms. The molecule has 1 aromatic carbocycles. The highest BCUT2D eigenvalue weighted by molar-refractivity contribution is 5.76. The summed E-state index contributed by atoms with van der Waals surface area (Å²) in [6.07, 6.45) is 2.95. The molecule has 4 nitrogen and oxygen atoms in total. The molecule has 4 heteroatoms. The van der Waals surface area contributed by atoms with Gasteiger partial charge in [-0.2, -0.15) is 0 Å². The van der Waals surface area contributed by atoms with Gasteiger partial charge in [0.05, 0.1) is 12.1 Å². The Morgan fingerprint density at radius 2 is 2.31 bits per heavy atom. The van der Waals surface area contributed by atoms with Gasteiger partial charge in [-0.3, -0.25) is 4.79 Å². The van der Waals surface area contributed by atoms with Crippen LogP contribution in [0.15, 0.2) is 41.3 Å². The zero-order valence-corrected chi connectivity index (χ0v) is 8.75. The van der Waals surface area contributed by atoms with Crippen LogP contribution in [0.25, 0.3) is 11.3 Å². The van der Waals surface area contributed by atoms with Crippen molar-refractivity contribution in [2.24, 2.45) is 0 Å². The Balaban J connectivity index is 2.37. The summed E-state index contributed by atoms with van der Waals surface area (Å²) in [5.74, 6) is -0.725. The molecule has 1 atom stereocenters. The van der Waals surface area contributed by atoms with Crippen LogP contribution in [0.5, 0.6) is 0 Å². The number of benzene rings is 1. The average Bonchev–Trinajstić information content (AvgIpc) is 2.81. The highest BCUT2D eigenvalue weighted by Crippen LogP contribution is 2.23. The SMILES string of the molecule is CC(C(=O)O)c1cccc(-c2cnco2)c1. The van der Waals surface area contributed by atoms with Crippen LogP contribution in [0, 0.1) is 0 Å². The van der Waals surface area contributed by atoms with Crippen molar-refractivity contribution >= 4 is 5.97 Å². The minimum absolute atomic E-state index is 0.525. The summed E-state index contributed by atoms with van der Waals surface area (Å²) < 4.78 is 5.16. The van der Waals surface area contributed by atoms with Crippen molar-refractivity contribution in [3.05, 3.63) is 42.4 Å². The normalized spacial score (nSPS) is 12.3. The molecular formula is C12H11NO3. The molecule has 2 aromatic rings. The monoisotopic (exact) mass is 217 g/mol. The number of carboxylic acid groups (broad SMARTS) is 1. The highest BCUT2D eigenvalue weighted by Gasteiger charge is 2.14. The second-order valence-electron chi connectivity index (χ2n) is 3.55. The molecule has 0 aliphatic heterocycles. The Morgan fingerprint density at radius 1 is 1.50 bits per heavy atom. The summed E-state index contributed by atoms with van der Waals surface area (Å²) in [5.41, 5.74) is 1.59. The third-order valence-electron chi connectivity index (χ3n) is 2.47. The summed E-state index contributed by atoms with van der Waals surface area (Å²) in [5, 5.41) is 8.92. The van der Waals surface area contributed by atoms with Gasteiger partial charge in [-0.05, 0) is 18.6 Å². The van der Waals surface area contributed by atoms with Crippen LogP contribution in [0.4, 0.5) is 0 Å². The first-order valence-electron chi connectivity index (χ1n) is 4.90. The summed E-state index contributed by atoms with van der Waals surface area (Å²) in [6.45, 7) is 1.65. The first-order chi connectivity index (χ1) is 7.68. The Hall–Kier alpha value is -2.10. The molecule has 1 unspecified atom stereocenters. The highest BCUT2D eigenvalue weighted by atomic mass is 16.4. The molecule has 0 saturated heterocycles. The van der Waals surface area contributed by atoms with E-state index in [1.807, 2.05) is 12.1 Å². The van der Waals surface area contributed by atoms with Gasteiger partial charge in [0.1, 0.15) is 0 Å². The minimum Gasteiger partial charge on any atom is -0.481 e. The lowest BCUT2D eigenvalue weighted by Gasteiger charge is -2.07. The number of carboxylic acids is 1. The quantitative estimate of drug-likeness (QED) is 0.858. The van der Waals surface area contributed by atoms with Crippen LogP contribution in [0.3, 0.4) is 0 Å². The largest absolute Gasteiger partial charge is 0.481 e. The second-order valence-corrected chi connectivity index (χ2v) is 3.55. The predicted molar refractivity (Wildman–Crippen MR) is 58.0 cm³/mol. The van der Waals surface area contributed by atoms with Crippen LogP contribution in [0.2, 0.25) is 0 Å². The maximum absolute atomic E-state index is 10.9. The molecule has 0 radical (unpaired) electrons. The van der Waals surface area contributed by atoms with Gasteiger partial charge < -0.3 is 9.52 Å². The van der Waals surface area contributed by atoms with Crippen LogP contribution in [0.1, 0.15) is 18.4 Å². The molecule has 1 heterocycles. The van der Waals surface area contributed by atoms with Crippen molar-refractivity contribution in [1.82, 2.24) is 4.98 Å². The van der Waals surface area contributed by atoms with E-state index in [4.69, 9.17) is 9.52 Å². The standard InChI is InChI=1S/C12H11NO3/c1-8(12(14)15)9-3-2-4-10(5-9)11-6-13-7-16-11/h2-8H,1H3,(H,14,15). The molecule has 0 amide bonds. The Labute approximate surface area is 92.6 Å². The van der Waals surface area contributed by atoms with E-state index >= 15 is 0 Å². The molecule has 0 spiro atoms. The van der Waals surface area contributed by atoms with Crippen molar-refractivity contribution in [2.75, 3.05) is 0 Å². The van der Waals surface area contributed by atoms with E-state index in [0.29, 0.717) is 5.76 Å². The van der Waals surface area contributed by atoms with Gasteiger partial charge in [-0.25, -0.2) is 4.98 Å². The molecule has 2 rings (SSSR count). The summed E-state index contributed by atoms with van der Waals surface area (Å²) in [7, 11) is 0. The summed E-state index contributed by atoms with van der Waals surface area (Å²) in [6, 6.07) is 7.27. The van der Waals surface area contributed by atoms with Crippen molar-refractivity contribution in [1.29, 1.82) is 0 Å². The van der Waals surface area contributed by atoms with Gasteiger partial charge in [0, 0.05) is 5.56 Å². The first-order valence-corrected chi connectivity index (χ1v) is 4.90. The number of nitrogens with zero attached hydrogens (tertiary/aromatic N) is 1. The van der Waals surface area contributed by atoms with Gasteiger partial charge in [-0.15, -0.1) is 0 Å². The van der Waals surface area contributed by atoms with Gasteiger partial charge in [0.25, 0.3) is 0 Å². The molecule has 1 N–H and O–H groups in total. The van der Waals surface area contributed by atoms with Crippen molar-refractivity contribution < 1.29 is 14.3 Å². The van der Waals surface area contributed by atoms with Crippen LogP contribution in [-0.4, -0.2) is 16.1 Å². The second kappa shape index (κ2) is 4.18. The number of carbonyl (C=O) groups is 1. The van der Waals surface area contributed by atoms with Crippen molar-refractivity contribution in [2.45, 2.75) is 12.8 Å². The zero-order chi connectivity index (χ0) is 11.5. The summed E-state index contributed by atoms with van der Waals surface area (Å²) >= 11 is 0. The number of aromatic nitrogens is 1. The first kappa shape index (κ1) is 10.4. The number of rotatable bonds is 3. The lowest BCUT2D eigenvalue weighted by molar-refractivity contribution is -0.138. The average molecular weight is 217 g/mol. The molecule has 0 aliphatic rings. The third-order valence-corrected chi connectivity index (χ3v) is 2.47. The third kappa shape index (κ3) is 1.95. The van der Waals surface area contributed by atoms with E-state index < -0.39 is 11.9 Å². The van der Waals surface area contributed by atoms with Crippen LogP contribution in [-0.2, 0) is 4.79 Å². The van der Waals surface area contributed by atoms with Gasteiger partial charge in [0.15, 0.2) is 12.2 Å². The van der Waals surface area contributed by atoms with E-state index in [9.17, 15) is 4.79 Å². The van der Waals surface area contributed by atoms with E-state index in [1.54, 1.807) is 25.3 Å². The minimum atomic E-state index is -0.838. The lowest BCUT2D eigenvalue weighted by Crippen LogP contribution is -2.07. The van der Waals surface area contributed by atoms with Gasteiger partial charge >= 0.3 is 5.97 Å². The predicted octanol–water partition coefficient (Wildman–Crippen LogP) is 2.53. The van der Waals surface area contributed by atoms with Crippen molar-refractivity contribution in [3.63, 3.8) is 0 Å². The number of hydrogen-bond donors (Lipinski definition) is 1. The number of hydrogen-bond acceptors (Lipinski definition) is 3. The topological polar surface area (TPSA) is 63.3 Å². The fraction of sp³-hybridized carbons (Fsp3) is 0.167. The zero-order valence-electron chi connectivity index (χ0n) is 8.75. The van der Waals surface area contributed by atoms with Crippen LogP contribution >= 0.6 is 0 Å². The Bertz CT molecular complexity index is 491. The Kier molecular flexibility index (Phi) is 2.72. The molecule has 0 aliphatic carbocycles. The van der Waals surface area contributed by atoms with E-state index in [2.05, 4.69) is 4.98 Å². The molecular weight excluding hydrogens is 206 g/mol. The van der Waals surface area contributed by atoms with Gasteiger partial charge in [-0.1, -0.05) is 18.2 Å². The molecule has 0 saturated carbocycles. The van der Waals surface area contributed by atoms with E-state index in [0.717, 1.165) is 11.1 Å². The number of aliphatic carboxylic acids is 1. The molecule has 1 aromatic heterocycles. The fourth-order valence-electron chi connectivity index (χ4n) is 1.46. The Morgan fingerprint density at radius 3 is 2.94 bits per heavy atom. The van der Waals surface area contributed by atoms with E-state index in [1.165, 1.54) is 6.39 Å². The number of oxazole rings is 1. The maximum Gasteiger partial charge on any atom is 0.310 e. The molecule has 82 valence electrons. The lowest BCUT2D eigenvalue weighted by atomic mass is 9.99. The maximum atomic E-state index is 10.9. The molecule has 0 fully saturated rings. The van der Waals surface area contributed by atoms with E-state index in [-0.39, 0.29) is 0 Å². The fourth-order valence-corrected chi connectivity index (χ4v) is 1.46. The van der Waals surface area contributed by atoms with Crippen LogP contribution < -0.4 is 0 Å². The van der Waals surface area contributed by atoms with Crippen molar-refractivity contribution in [3.8, 4) is 11.3 Å². The van der Waals surface area contributed by atoms with Gasteiger partial charge in [0.2, 0.25) is 0 Å². The summed E-state index contributed by atoms with van der Waals surface area (Å²) in [4.78, 5) is 14.7. The molecule has 16 heavy (non-hydrogen) atoms.